The molecule has 2 aromatic heterocycles. The zero-order valence-electron chi connectivity index (χ0n) is 8.91. The van der Waals surface area contributed by atoms with Crippen LogP contribution in [0.2, 0.25) is 0 Å². The molecule has 17 heavy (non-hydrogen) atoms. The number of thiazole rings is 1. The van der Waals surface area contributed by atoms with Crippen LogP contribution in [0.3, 0.4) is 0 Å². The van der Waals surface area contributed by atoms with Crippen molar-refractivity contribution in [3.05, 3.63) is 58.0 Å². The number of hydrogen-bond acceptors (Lipinski definition) is 4. The van der Waals surface area contributed by atoms with E-state index >= 15 is 0 Å². The van der Waals surface area contributed by atoms with Gasteiger partial charge in [0.1, 0.15) is 10.2 Å². The molecule has 0 saturated heterocycles. The van der Waals surface area contributed by atoms with Crippen molar-refractivity contribution < 1.29 is 0 Å². The monoisotopic (exact) mass is 243 g/mol. The molecule has 0 N–H and O–H groups in total. The second kappa shape index (κ2) is 4.10. The summed E-state index contributed by atoms with van der Waals surface area (Å²) in [6.07, 6.45) is 1.64. The van der Waals surface area contributed by atoms with Gasteiger partial charge in [-0.1, -0.05) is 30.3 Å². The van der Waals surface area contributed by atoms with Gasteiger partial charge in [-0.25, -0.2) is 9.67 Å². The third-order valence-electron chi connectivity index (χ3n) is 2.52. The molecule has 2 heterocycles. The lowest BCUT2D eigenvalue weighted by Gasteiger charge is -2.03. The van der Waals surface area contributed by atoms with Crippen molar-refractivity contribution in [3.63, 3.8) is 0 Å². The summed E-state index contributed by atoms with van der Waals surface area (Å²) in [5.74, 6) is 0. The molecule has 5 heteroatoms. The molecule has 3 rings (SSSR count). The lowest BCUT2D eigenvalue weighted by molar-refractivity contribution is 0.648. The van der Waals surface area contributed by atoms with Crippen LogP contribution in [-0.2, 0) is 6.54 Å². The van der Waals surface area contributed by atoms with Crippen molar-refractivity contribution in [2.45, 2.75) is 6.54 Å². The lowest BCUT2D eigenvalue weighted by Crippen LogP contribution is -2.22. The van der Waals surface area contributed by atoms with Crippen LogP contribution in [-0.4, -0.2) is 14.8 Å². The maximum atomic E-state index is 12.1. The first-order valence-corrected chi connectivity index (χ1v) is 6.06. The molecule has 0 aliphatic heterocycles. The predicted octanol–water partition coefficient (Wildman–Crippen LogP) is 1.90. The first-order valence-electron chi connectivity index (χ1n) is 5.18. The summed E-state index contributed by atoms with van der Waals surface area (Å²) < 4.78 is 2.13. The number of nitrogens with zero attached hydrogens (tertiary/aromatic N) is 3. The smallest absolute Gasteiger partial charge is 0.266 e. The molecule has 84 valence electrons. The highest BCUT2D eigenvalue weighted by molar-refractivity contribution is 7.16. The Bertz CT molecular complexity index is 702. The topological polar surface area (TPSA) is 47.8 Å². The van der Waals surface area contributed by atoms with Crippen LogP contribution in [0.1, 0.15) is 5.56 Å². The van der Waals surface area contributed by atoms with Gasteiger partial charge in [0.15, 0.2) is 0 Å². The van der Waals surface area contributed by atoms with Crippen molar-refractivity contribution in [1.29, 1.82) is 0 Å². The summed E-state index contributed by atoms with van der Waals surface area (Å²) in [4.78, 5) is 16.1. The number of hydrogen-bond donors (Lipinski definition) is 0. The van der Waals surface area contributed by atoms with Crippen LogP contribution in [0.5, 0.6) is 0 Å². The fraction of sp³-hybridized carbons (Fsp3) is 0.0833. The van der Waals surface area contributed by atoms with Gasteiger partial charge in [0.25, 0.3) is 5.56 Å². The van der Waals surface area contributed by atoms with Gasteiger partial charge in [0, 0.05) is 0 Å². The average molecular weight is 243 g/mol. The average Bonchev–Trinajstić information content (AvgIpc) is 2.83. The second-order valence-electron chi connectivity index (χ2n) is 3.66. The van der Waals surface area contributed by atoms with Crippen LogP contribution in [0.25, 0.3) is 10.2 Å². The Balaban J connectivity index is 2.07. The molecule has 0 saturated carbocycles. The highest BCUT2D eigenvalue weighted by atomic mass is 32.1. The van der Waals surface area contributed by atoms with E-state index in [0.29, 0.717) is 16.8 Å². The van der Waals surface area contributed by atoms with Gasteiger partial charge in [-0.15, -0.1) is 11.3 Å². The summed E-state index contributed by atoms with van der Waals surface area (Å²) in [6, 6.07) is 9.80. The van der Waals surface area contributed by atoms with Crippen LogP contribution >= 0.6 is 11.3 Å². The Morgan fingerprint density at radius 2 is 2.06 bits per heavy atom. The fourth-order valence-corrected chi connectivity index (χ4v) is 2.37. The van der Waals surface area contributed by atoms with Crippen molar-refractivity contribution in [1.82, 2.24) is 14.8 Å². The van der Waals surface area contributed by atoms with Crippen LogP contribution in [0, 0.1) is 0 Å². The highest BCUT2D eigenvalue weighted by Crippen LogP contribution is 2.11. The number of benzene rings is 1. The summed E-state index contributed by atoms with van der Waals surface area (Å²) in [7, 11) is 0. The van der Waals surface area contributed by atoms with E-state index < -0.39 is 0 Å². The van der Waals surface area contributed by atoms with E-state index in [1.165, 1.54) is 16.0 Å². The minimum absolute atomic E-state index is 0.0751. The first-order chi connectivity index (χ1) is 8.34. The molecule has 4 nitrogen and oxygen atoms in total. The molecule has 0 aliphatic rings. The highest BCUT2D eigenvalue weighted by Gasteiger charge is 2.06. The van der Waals surface area contributed by atoms with E-state index in [9.17, 15) is 4.79 Å². The van der Waals surface area contributed by atoms with Gasteiger partial charge >= 0.3 is 0 Å². The molecule has 0 spiro atoms. The Morgan fingerprint density at radius 3 is 2.88 bits per heavy atom. The molecule has 0 radical (unpaired) electrons. The SMILES string of the molecule is O=c1c2scnc2cnn1Cc1ccccc1. The maximum Gasteiger partial charge on any atom is 0.286 e. The van der Waals surface area contributed by atoms with Crippen molar-refractivity contribution >= 4 is 21.6 Å². The summed E-state index contributed by atoms with van der Waals surface area (Å²) >= 11 is 1.35. The first kappa shape index (κ1) is 10.2. The molecule has 0 aliphatic carbocycles. The van der Waals surface area contributed by atoms with E-state index in [4.69, 9.17) is 0 Å². The van der Waals surface area contributed by atoms with Crippen molar-refractivity contribution in [2.24, 2.45) is 0 Å². The normalized spacial score (nSPS) is 10.8. The summed E-state index contributed by atoms with van der Waals surface area (Å²) in [5.41, 5.74) is 3.32. The van der Waals surface area contributed by atoms with Crippen molar-refractivity contribution in [2.75, 3.05) is 0 Å². The third kappa shape index (κ3) is 1.85. The predicted molar refractivity (Wildman–Crippen MR) is 67.2 cm³/mol. The molecular formula is C12H9N3OS. The van der Waals surface area contributed by atoms with Crippen LogP contribution in [0.4, 0.5) is 0 Å². The molecule has 0 bridgehead atoms. The van der Waals surface area contributed by atoms with Crippen LogP contribution < -0.4 is 5.56 Å². The molecule has 1 aromatic carbocycles. The lowest BCUT2D eigenvalue weighted by atomic mass is 10.2. The minimum Gasteiger partial charge on any atom is -0.266 e. The van der Waals surface area contributed by atoms with E-state index in [1.807, 2.05) is 30.3 Å². The van der Waals surface area contributed by atoms with Gasteiger partial charge in [-0.2, -0.15) is 5.10 Å². The van der Waals surface area contributed by atoms with E-state index in [0.717, 1.165) is 5.56 Å². The van der Waals surface area contributed by atoms with E-state index in [-0.39, 0.29) is 5.56 Å². The zero-order chi connectivity index (χ0) is 11.7. The molecule has 0 unspecified atom stereocenters. The Labute approximate surface area is 101 Å². The Morgan fingerprint density at radius 1 is 1.24 bits per heavy atom. The molecule has 0 amide bonds. The Hall–Kier alpha value is -2.01. The van der Waals surface area contributed by atoms with E-state index in [1.54, 1.807) is 11.7 Å². The third-order valence-corrected chi connectivity index (χ3v) is 3.35. The zero-order valence-corrected chi connectivity index (χ0v) is 9.72. The van der Waals surface area contributed by atoms with Crippen LogP contribution in [0.15, 0.2) is 46.8 Å². The minimum atomic E-state index is -0.0751. The van der Waals surface area contributed by atoms with Gasteiger partial charge in [0.2, 0.25) is 0 Å². The van der Waals surface area contributed by atoms with Gasteiger partial charge in [-0.05, 0) is 5.56 Å². The van der Waals surface area contributed by atoms with Gasteiger partial charge < -0.3 is 0 Å². The van der Waals surface area contributed by atoms with Gasteiger partial charge in [-0.3, -0.25) is 4.79 Å². The van der Waals surface area contributed by atoms with Crippen molar-refractivity contribution in [3.8, 4) is 0 Å². The number of rotatable bonds is 2. The molecule has 3 aromatic rings. The Kier molecular flexibility index (Phi) is 2.45. The van der Waals surface area contributed by atoms with E-state index in [2.05, 4.69) is 10.1 Å². The summed E-state index contributed by atoms with van der Waals surface area (Å²) in [6.45, 7) is 0.494. The molecular weight excluding hydrogens is 234 g/mol. The van der Waals surface area contributed by atoms with Gasteiger partial charge in [0.05, 0.1) is 18.3 Å². The largest absolute Gasteiger partial charge is 0.286 e. The standard InChI is InChI=1S/C12H9N3OS/c16-12-11-10(13-8-17-11)6-14-15(12)7-9-4-2-1-3-5-9/h1-6,8H,7H2. The maximum absolute atomic E-state index is 12.1. The molecule has 0 fully saturated rings. The molecule has 0 atom stereocenters. The quantitative estimate of drug-likeness (QED) is 0.690. The number of fused-ring (bicyclic) bond motifs is 1. The summed E-state index contributed by atoms with van der Waals surface area (Å²) in [5, 5.41) is 4.12. The second-order valence-corrected chi connectivity index (χ2v) is 4.51. The fourth-order valence-electron chi connectivity index (χ4n) is 1.67. The number of aromatic nitrogens is 3.